The second-order valence-corrected chi connectivity index (χ2v) is 4.43. The quantitative estimate of drug-likeness (QED) is 0.809. The molecule has 0 aliphatic carbocycles. The van der Waals surface area contributed by atoms with Crippen molar-refractivity contribution >= 4 is 0 Å². The second-order valence-electron chi connectivity index (χ2n) is 4.43. The monoisotopic (exact) mass is 227 g/mol. The van der Waals surface area contributed by atoms with E-state index in [2.05, 4.69) is 5.32 Å². The molecule has 16 heavy (non-hydrogen) atoms. The van der Waals surface area contributed by atoms with E-state index in [1.807, 2.05) is 0 Å². The van der Waals surface area contributed by atoms with E-state index >= 15 is 0 Å². The molecule has 0 amide bonds. The van der Waals surface area contributed by atoms with Gasteiger partial charge in [-0.25, -0.2) is 8.78 Å². The van der Waals surface area contributed by atoms with Gasteiger partial charge >= 0.3 is 0 Å². The largest absolute Gasteiger partial charge is 0.384 e. The molecule has 4 heteroatoms. The first-order chi connectivity index (χ1) is 7.51. The first-order valence-electron chi connectivity index (χ1n) is 5.43. The molecule has 2 unspecified atom stereocenters. The normalized spacial score (nSPS) is 24.4. The van der Waals surface area contributed by atoms with Crippen LogP contribution in [0.3, 0.4) is 0 Å². The maximum absolute atomic E-state index is 13.1. The molecule has 0 saturated carbocycles. The summed E-state index contributed by atoms with van der Waals surface area (Å²) in [5, 5.41) is 13.5. The van der Waals surface area contributed by atoms with Crippen LogP contribution < -0.4 is 5.32 Å². The molecule has 2 rings (SSSR count). The van der Waals surface area contributed by atoms with Crippen molar-refractivity contribution in [1.29, 1.82) is 0 Å². The fourth-order valence-electron chi connectivity index (χ4n) is 2.18. The van der Waals surface area contributed by atoms with Gasteiger partial charge in [-0.05, 0) is 44.0 Å². The molecule has 0 radical (unpaired) electrons. The van der Waals surface area contributed by atoms with Gasteiger partial charge < -0.3 is 10.4 Å². The van der Waals surface area contributed by atoms with Crippen LogP contribution in [0.15, 0.2) is 18.2 Å². The molecule has 2 nitrogen and oxygen atoms in total. The summed E-state index contributed by atoms with van der Waals surface area (Å²) in [6, 6.07) is 3.44. The van der Waals surface area contributed by atoms with Crippen molar-refractivity contribution in [2.75, 3.05) is 6.54 Å². The predicted octanol–water partition coefficient (Wildman–Crippen LogP) is 1.92. The van der Waals surface area contributed by atoms with E-state index in [0.717, 1.165) is 31.5 Å². The topological polar surface area (TPSA) is 32.3 Å². The van der Waals surface area contributed by atoms with Crippen LogP contribution in [0.5, 0.6) is 0 Å². The Bertz CT molecular complexity index is 387. The second kappa shape index (κ2) is 4.11. The van der Waals surface area contributed by atoms with Crippen molar-refractivity contribution < 1.29 is 13.9 Å². The van der Waals surface area contributed by atoms with Gasteiger partial charge in [0, 0.05) is 6.04 Å². The molecule has 1 saturated heterocycles. The fourth-order valence-corrected chi connectivity index (χ4v) is 2.18. The van der Waals surface area contributed by atoms with Crippen LogP contribution in [0.1, 0.15) is 25.3 Å². The van der Waals surface area contributed by atoms with E-state index in [1.165, 1.54) is 6.07 Å². The van der Waals surface area contributed by atoms with Crippen molar-refractivity contribution in [2.24, 2.45) is 0 Å². The Balaban J connectivity index is 2.30. The first kappa shape index (κ1) is 11.5. The van der Waals surface area contributed by atoms with Gasteiger partial charge in [0.05, 0.1) is 0 Å². The average Bonchev–Trinajstić information content (AvgIpc) is 2.75. The lowest BCUT2D eigenvalue weighted by Gasteiger charge is -2.30. The predicted molar refractivity (Wildman–Crippen MR) is 57.0 cm³/mol. The maximum atomic E-state index is 13.1. The van der Waals surface area contributed by atoms with E-state index in [0.29, 0.717) is 5.56 Å². The molecule has 1 aliphatic heterocycles. The van der Waals surface area contributed by atoms with Crippen molar-refractivity contribution in [3.8, 4) is 0 Å². The van der Waals surface area contributed by atoms with Crippen LogP contribution >= 0.6 is 0 Å². The molecule has 2 atom stereocenters. The Morgan fingerprint density at radius 2 is 2.12 bits per heavy atom. The molecular formula is C12H15F2NO. The molecule has 1 aromatic carbocycles. The maximum Gasteiger partial charge on any atom is 0.159 e. The van der Waals surface area contributed by atoms with Crippen LogP contribution in [-0.4, -0.2) is 17.7 Å². The molecular weight excluding hydrogens is 212 g/mol. The van der Waals surface area contributed by atoms with Gasteiger partial charge in [0.15, 0.2) is 11.6 Å². The highest BCUT2D eigenvalue weighted by molar-refractivity contribution is 5.25. The standard InChI is InChI=1S/C12H15F2NO/c1-12(16,11-3-2-6-15-11)8-4-5-9(13)10(14)7-8/h4-5,7,11,15-16H,2-3,6H2,1H3. The zero-order valence-corrected chi connectivity index (χ0v) is 9.13. The van der Waals surface area contributed by atoms with E-state index in [9.17, 15) is 13.9 Å². The lowest BCUT2D eigenvalue weighted by atomic mass is 9.87. The molecule has 88 valence electrons. The Kier molecular flexibility index (Phi) is 2.95. The van der Waals surface area contributed by atoms with Gasteiger partial charge in [0.2, 0.25) is 0 Å². The van der Waals surface area contributed by atoms with Gasteiger partial charge in [-0.1, -0.05) is 6.07 Å². The molecule has 0 aromatic heterocycles. The van der Waals surface area contributed by atoms with Crippen LogP contribution in [-0.2, 0) is 5.60 Å². The average molecular weight is 227 g/mol. The van der Waals surface area contributed by atoms with E-state index in [4.69, 9.17) is 0 Å². The Labute approximate surface area is 93.3 Å². The summed E-state index contributed by atoms with van der Waals surface area (Å²) in [5.74, 6) is -1.81. The summed E-state index contributed by atoms with van der Waals surface area (Å²) in [6.07, 6.45) is 1.83. The van der Waals surface area contributed by atoms with Crippen LogP contribution in [0, 0.1) is 11.6 Å². The smallest absolute Gasteiger partial charge is 0.159 e. The fraction of sp³-hybridized carbons (Fsp3) is 0.500. The highest BCUT2D eigenvalue weighted by Crippen LogP contribution is 2.30. The molecule has 1 aromatic rings. The van der Waals surface area contributed by atoms with Crippen molar-refractivity contribution in [3.63, 3.8) is 0 Å². The third-order valence-corrected chi connectivity index (χ3v) is 3.24. The van der Waals surface area contributed by atoms with Gasteiger partial charge in [-0.3, -0.25) is 0 Å². The SMILES string of the molecule is CC(O)(c1ccc(F)c(F)c1)C1CCCN1. The van der Waals surface area contributed by atoms with E-state index < -0.39 is 17.2 Å². The van der Waals surface area contributed by atoms with Gasteiger partial charge in [0.1, 0.15) is 5.60 Å². The molecule has 0 spiro atoms. The minimum Gasteiger partial charge on any atom is -0.384 e. The van der Waals surface area contributed by atoms with E-state index in [-0.39, 0.29) is 6.04 Å². The van der Waals surface area contributed by atoms with Crippen LogP contribution in [0.4, 0.5) is 8.78 Å². The molecule has 1 fully saturated rings. The zero-order valence-electron chi connectivity index (χ0n) is 9.13. The molecule has 0 bridgehead atoms. The number of benzene rings is 1. The number of halogens is 2. The number of hydrogen-bond acceptors (Lipinski definition) is 2. The lowest BCUT2D eigenvalue weighted by Crippen LogP contribution is -2.42. The molecule has 2 N–H and O–H groups in total. The summed E-state index contributed by atoms with van der Waals surface area (Å²) in [7, 11) is 0. The van der Waals surface area contributed by atoms with E-state index in [1.54, 1.807) is 6.92 Å². The number of aliphatic hydroxyl groups is 1. The minimum absolute atomic E-state index is 0.0997. The number of hydrogen-bond donors (Lipinski definition) is 2. The van der Waals surface area contributed by atoms with Gasteiger partial charge in [0.25, 0.3) is 0 Å². The highest BCUT2D eigenvalue weighted by atomic mass is 19.2. The van der Waals surface area contributed by atoms with Gasteiger partial charge in [-0.2, -0.15) is 0 Å². The summed E-state index contributed by atoms with van der Waals surface area (Å²) in [6.45, 7) is 2.48. The summed E-state index contributed by atoms with van der Waals surface area (Å²) in [5.41, 5.74) is -0.754. The summed E-state index contributed by atoms with van der Waals surface area (Å²) >= 11 is 0. The third kappa shape index (κ3) is 1.95. The van der Waals surface area contributed by atoms with Crippen LogP contribution in [0.2, 0.25) is 0 Å². The highest BCUT2D eigenvalue weighted by Gasteiger charge is 2.35. The Morgan fingerprint density at radius 1 is 1.38 bits per heavy atom. The zero-order chi connectivity index (χ0) is 11.8. The molecule has 1 heterocycles. The van der Waals surface area contributed by atoms with Crippen LogP contribution in [0.25, 0.3) is 0 Å². The summed E-state index contributed by atoms with van der Waals surface area (Å²) < 4.78 is 25.9. The third-order valence-electron chi connectivity index (χ3n) is 3.24. The first-order valence-corrected chi connectivity index (χ1v) is 5.43. The number of nitrogens with one attached hydrogen (secondary N) is 1. The van der Waals surface area contributed by atoms with Crippen molar-refractivity contribution in [1.82, 2.24) is 5.32 Å². The van der Waals surface area contributed by atoms with Crippen molar-refractivity contribution in [3.05, 3.63) is 35.4 Å². The van der Waals surface area contributed by atoms with Crippen molar-refractivity contribution in [2.45, 2.75) is 31.4 Å². The summed E-state index contributed by atoms with van der Waals surface area (Å²) in [4.78, 5) is 0. The molecule has 1 aliphatic rings. The number of rotatable bonds is 2. The lowest BCUT2D eigenvalue weighted by molar-refractivity contribution is 0.0215. The van der Waals surface area contributed by atoms with Gasteiger partial charge in [-0.15, -0.1) is 0 Å². The Hall–Kier alpha value is -1.00. The Morgan fingerprint density at radius 3 is 2.69 bits per heavy atom. The minimum atomic E-state index is -1.16.